The molecule has 2 aromatic rings. The van der Waals surface area contributed by atoms with Gasteiger partial charge < -0.3 is 0 Å². The van der Waals surface area contributed by atoms with Gasteiger partial charge in [-0.15, -0.1) is 4.13 Å². The van der Waals surface area contributed by atoms with Gasteiger partial charge in [-0.3, -0.25) is 4.21 Å². The van der Waals surface area contributed by atoms with E-state index in [0.717, 1.165) is 0 Å². The van der Waals surface area contributed by atoms with Crippen molar-refractivity contribution in [2.75, 3.05) is 6.26 Å². The van der Waals surface area contributed by atoms with Gasteiger partial charge in [0.2, 0.25) is 0 Å². The second kappa shape index (κ2) is 5.08. The van der Waals surface area contributed by atoms with Crippen molar-refractivity contribution in [2.24, 2.45) is 0 Å². The van der Waals surface area contributed by atoms with E-state index in [4.69, 9.17) is 0 Å². The average Bonchev–Trinajstić information content (AvgIpc) is 2.35. The van der Waals surface area contributed by atoms with Crippen molar-refractivity contribution in [3.05, 3.63) is 42.5 Å². The van der Waals surface area contributed by atoms with Gasteiger partial charge in [-0.1, -0.05) is 36.4 Å². The number of thiol groups is 1. The Labute approximate surface area is 120 Å². The van der Waals surface area contributed by atoms with E-state index in [-0.39, 0.29) is 10.3 Å². The standard InChI is InChI=1S/C12H12F3NO3S2/c1-20(17,12(13,14)15)16-21(18,19)11-8-4-6-9-5-2-3-7-10(9)11/h2-8,20H,1H3,(H,16,17). The number of hydrogen-bond donors (Lipinski definition) is 2. The molecule has 0 aliphatic rings. The van der Waals surface area contributed by atoms with E-state index >= 15 is 0 Å². The smallest absolute Gasteiger partial charge is 0.262 e. The zero-order valence-electron chi connectivity index (χ0n) is 10.8. The molecule has 1 N–H and O–H groups in total. The third-order valence-corrected chi connectivity index (χ3v) is 7.08. The Balaban J connectivity index is 2.56. The van der Waals surface area contributed by atoms with Crippen LogP contribution in [0.25, 0.3) is 10.8 Å². The van der Waals surface area contributed by atoms with Crippen LogP contribution in [0.15, 0.2) is 47.4 Å². The molecule has 0 aliphatic carbocycles. The number of fused-ring (bicyclic) bond motifs is 1. The molecular weight excluding hydrogens is 327 g/mol. The van der Waals surface area contributed by atoms with Gasteiger partial charge in [-0.05, 0) is 11.5 Å². The van der Waals surface area contributed by atoms with E-state index in [2.05, 4.69) is 0 Å². The highest BCUT2D eigenvalue weighted by molar-refractivity contribution is 8.11. The summed E-state index contributed by atoms with van der Waals surface area (Å²) in [6, 6.07) is 10.5. The van der Waals surface area contributed by atoms with Gasteiger partial charge in [0.05, 0.1) is 4.90 Å². The quantitative estimate of drug-likeness (QED) is 0.843. The first-order chi connectivity index (χ1) is 9.55. The molecule has 0 amide bonds. The van der Waals surface area contributed by atoms with Crippen molar-refractivity contribution in [2.45, 2.75) is 10.4 Å². The SMILES string of the molecule is C[SH](=O)(NS(=O)(=O)c1cccc2ccccc12)C(F)(F)F. The maximum atomic E-state index is 12.6. The van der Waals surface area contributed by atoms with Crippen LogP contribution in [0.2, 0.25) is 0 Å². The second-order valence-electron chi connectivity index (χ2n) is 4.46. The highest BCUT2D eigenvalue weighted by Crippen LogP contribution is 2.29. The lowest BCUT2D eigenvalue weighted by Crippen LogP contribution is -2.45. The van der Waals surface area contributed by atoms with Crippen LogP contribution in [0.4, 0.5) is 13.2 Å². The lowest BCUT2D eigenvalue weighted by molar-refractivity contribution is -0.0418. The first kappa shape index (κ1) is 15.9. The fraction of sp³-hybridized carbons (Fsp3) is 0.167. The van der Waals surface area contributed by atoms with Crippen LogP contribution in [-0.2, 0) is 20.1 Å². The van der Waals surface area contributed by atoms with Crippen LogP contribution in [0.1, 0.15) is 0 Å². The van der Waals surface area contributed by atoms with Crippen molar-refractivity contribution in [1.29, 1.82) is 0 Å². The molecule has 0 atom stereocenters. The van der Waals surface area contributed by atoms with E-state index in [1.54, 1.807) is 24.3 Å². The zero-order valence-corrected chi connectivity index (χ0v) is 12.5. The summed E-state index contributed by atoms with van der Waals surface area (Å²) in [5.74, 6) is 0. The molecule has 0 saturated carbocycles. The van der Waals surface area contributed by atoms with E-state index in [9.17, 15) is 25.8 Å². The molecule has 0 aliphatic heterocycles. The first-order valence-electron chi connectivity index (χ1n) is 5.71. The lowest BCUT2D eigenvalue weighted by atomic mass is 10.1. The Morgan fingerprint density at radius 3 is 2.24 bits per heavy atom. The van der Waals surface area contributed by atoms with Gasteiger partial charge in [0.25, 0.3) is 10.0 Å². The van der Waals surface area contributed by atoms with Gasteiger partial charge in [0, 0.05) is 21.8 Å². The Hall–Kier alpha value is -1.45. The van der Waals surface area contributed by atoms with Crippen molar-refractivity contribution in [1.82, 2.24) is 4.13 Å². The summed E-state index contributed by atoms with van der Waals surface area (Å²) in [5.41, 5.74) is -5.13. The topological polar surface area (TPSA) is 63.2 Å². The van der Waals surface area contributed by atoms with Crippen molar-refractivity contribution < 1.29 is 25.8 Å². The molecule has 0 spiro atoms. The minimum atomic E-state index is -5.13. The Morgan fingerprint density at radius 2 is 1.62 bits per heavy atom. The van der Waals surface area contributed by atoms with Crippen LogP contribution in [0, 0.1) is 0 Å². The molecule has 0 unspecified atom stereocenters. The number of nitrogens with one attached hydrogen (secondary N) is 1. The molecular formula is C12H12F3NO3S2. The molecule has 9 heteroatoms. The van der Waals surface area contributed by atoms with Crippen LogP contribution >= 0.6 is 0 Å². The summed E-state index contributed by atoms with van der Waals surface area (Å²) < 4.78 is 74.9. The molecule has 0 aromatic heterocycles. The fourth-order valence-electron chi connectivity index (χ4n) is 1.76. The minimum absolute atomic E-state index is 0.259. The van der Waals surface area contributed by atoms with Crippen LogP contribution in [0.3, 0.4) is 0 Å². The Morgan fingerprint density at radius 1 is 1.05 bits per heavy atom. The molecule has 0 heterocycles. The average molecular weight is 339 g/mol. The molecule has 0 radical (unpaired) electrons. The third-order valence-electron chi connectivity index (χ3n) is 2.82. The number of halogens is 3. The van der Waals surface area contributed by atoms with E-state index in [1.165, 1.54) is 22.3 Å². The van der Waals surface area contributed by atoms with Crippen LogP contribution in [-0.4, -0.2) is 24.4 Å². The number of sulfonamides is 1. The normalized spacial score (nSPS) is 14.3. The molecule has 2 rings (SSSR count). The molecule has 21 heavy (non-hydrogen) atoms. The highest BCUT2D eigenvalue weighted by atomic mass is 32.3. The molecule has 4 nitrogen and oxygen atoms in total. The lowest BCUT2D eigenvalue weighted by Gasteiger charge is -2.23. The predicted octanol–water partition coefficient (Wildman–Crippen LogP) is 2.20. The van der Waals surface area contributed by atoms with Gasteiger partial charge in [0.1, 0.15) is 0 Å². The van der Waals surface area contributed by atoms with Gasteiger partial charge in [-0.25, -0.2) is 8.42 Å². The van der Waals surface area contributed by atoms with Gasteiger partial charge in [-0.2, -0.15) is 13.2 Å². The molecule has 0 bridgehead atoms. The Kier molecular flexibility index (Phi) is 3.85. The zero-order chi connectivity index (χ0) is 15.9. The summed E-state index contributed by atoms with van der Waals surface area (Å²) in [7, 11) is -9.64. The van der Waals surface area contributed by atoms with Gasteiger partial charge >= 0.3 is 5.51 Å². The van der Waals surface area contributed by atoms with E-state index < -0.39 is 25.7 Å². The monoisotopic (exact) mass is 339 g/mol. The number of benzene rings is 2. The van der Waals surface area contributed by atoms with E-state index in [0.29, 0.717) is 11.6 Å². The fourth-order valence-corrected chi connectivity index (χ4v) is 5.14. The summed E-state index contributed by atoms with van der Waals surface area (Å²) >= 11 is 0. The van der Waals surface area contributed by atoms with Crippen molar-refractivity contribution in [3.63, 3.8) is 0 Å². The minimum Gasteiger partial charge on any atom is -0.262 e. The van der Waals surface area contributed by atoms with Crippen molar-refractivity contribution in [3.8, 4) is 0 Å². The van der Waals surface area contributed by atoms with E-state index in [1.807, 2.05) is 0 Å². The summed E-state index contributed by atoms with van der Waals surface area (Å²) in [5, 5.41) is 0.813. The highest BCUT2D eigenvalue weighted by Gasteiger charge is 2.44. The van der Waals surface area contributed by atoms with Crippen LogP contribution < -0.4 is 4.13 Å². The predicted molar refractivity (Wildman–Crippen MR) is 75.8 cm³/mol. The molecule has 116 valence electrons. The summed E-state index contributed by atoms with van der Waals surface area (Å²) in [6.45, 7) is 0. The molecule has 0 fully saturated rings. The number of hydrogen-bond acceptors (Lipinski definition) is 3. The maximum Gasteiger partial charge on any atom is 0.460 e. The van der Waals surface area contributed by atoms with Gasteiger partial charge in [0.15, 0.2) is 0 Å². The first-order valence-corrected chi connectivity index (χ1v) is 9.34. The summed E-state index contributed by atoms with van der Waals surface area (Å²) in [4.78, 5) is -0.341. The van der Waals surface area contributed by atoms with Crippen molar-refractivity contribution >= 4 is 30.9 Å². The summed E-state index contributed by atoms with van der Waals surface area (Å²) in [6.07, 6.45) is 0.343. The third kappa shape index (κ3) is 3.09. The Bertz CT molecular complexity index is 826. The number of rotatable bonds is 3. The second-order valence-corrected chi connectivity index (χ2v) is 9.00. The maximum absolute atomic E-state index is 12.6. The largest absolute Gasteiger partial charge is 0.460 e. The number of alkyl halides is 3. The molecule has 2 aromatic carbocycles. The van der Waals surface area contributed by atoms with Crippen LogP contribution in [0.5, 0.6) is 0 Å². The molecule has 0 saturated heterocycles.